The van der Waals surface area contributed by atoms with Crippen molar-refractivity contribution in [2.45, 2.75) is 29.6 Å². The normalized spacial score (nSPS) is 14.8. The van der Waals surface area contributed by atoms with Gasteiger partial charge in [-0.2, -0.15) is 0 Å². The molecule has 146 valence electrons. The zero-order chi connectivity index (χ0) is 20.1. The van der Waals surface area contributed by atoms with Crippen LogP contribution in [0.1, 0.15) is 18.4 Å². The van der Waals surface area contributed by atoms with Crippen LogP contribution in [0.3, 0.4) is 0 Å². The summed E-state index contributed by atoms with van der Waals surface area (Å²) in [6, 6.07) is 9.21. The van der Waals surface area contributed by atoms with Crippen molar-refractivity contribution in [3.8, 4) is 0 Å². The minimum absolute atomic E-state index is 0.0538. The highest BCUT2D eigenvalue weighted by Crippen LogP contribution is 2.29. The fourth-order valence-electron chi connectivity index (χ4n) is 3.76. The molecular formula is C21H21FN2O3S. The van der Waals surface area contributed by atoms with E-state index in [1.165, 1.54) is 24.4 Å². The third kappa shape index (κ3) is 2.99. The Morgan fingerprint density at radius 3 is 2.46 bits per heavy atom. The second-order valence-corrected chi connectivity index (χ2v) is 9.19. The number of aromatic nitrogens is 1. The van der Waals surface area contributed by atoms with E-state index in [0.717, 1.165) is 31.5 Å². The highest BCUT2D eigenvalue weighted by Gasteiger charge is 2.25. The number of halogens is 1. The lowest BCUT2D eigenvalue weighted by molar-refractivity contribution is 0.594. The minimum Gasteiger partial charge on any atom is -0.369 e. The van der Waals surface area contributed by atoms with Gasteiger partial charge in [0.25, 0.3) is 0 Å². The van der Waals surface area contributed by atoms with Crippen molar-refractivity contribution < 1.29 is 12.8 Å². The molecule has 0 atom stereocenters. The average Bonchev–Trinajstić information content (AvgIpc) is 3.18. The van der Waals surface area contributed by atoms with Crippen LogP contribution in [-0.2, 0) is 16.9 Å². The maximum Gasteiger partial charge on any atom is 0.211 e. The number of pyridine rings is 1. The van der Waals surface area contributed by atoms with Crippen LogP contribution in [0.4, 0.5) is 10.1 Å². The first-order valence-electron chi connectivity index (χ1n) is 9.18. The second kappa shape index (κ2) is 6.74. The molecule has 5 nitrogen and oxygen atoms in total. The van der Waals surface area contributed by atoms with Crippen LogP contribution in [0.2, 0.25) is 0 Å². The Morgan fingerprint density at radius 1 is 1.07 bits per heavy atom. The van der Waals surface area contributed by atoms with Gasteiger partial charge in [0.15, 0.2) is 0 Å². The zero-order valence-corrected chi connectivity index (χ0v) is 16.6. The average molecular weight is 400 g/mol. The number of hydrogen-bond acceptors (Lipinski definition) is 4. The summed E-state index contributed by atoms with van der Waals surface area (Å²) >= 11 is 0. The molecule has 0 N–H and O–H groups in total. The lowest BCUT2D eigenvalue weighted by Gasteiger charge is -2.20. The first-order valence-corrected chi connectivity index (χ1v) is 10.7. The lowest BCUT2D eigenvalue weighted by atomic mass is 10.1. The van der Waals surface area contributed by atoms with Gasteiger partial charge >= 0.3 is 0 Å². The van der Waals surface area contributed by atoms with E-state index in [-0.39, 0.29) is 15.2 Å². The fraction of sp³-hybridized carbons (Fsp3) is 0.286. The Hall–Kier alpha value is -2.67. The van der Waals surface area contributed by atoms with Crippen LogP contribution in [0.5, 0.6) is 0 Å². The summed E-state index contributed by atoms with van der Waals surface area (Å²) in [6.45, 7) is 3.33. The van der Waals surface area contributed by atoms with Gasteiger partial charge in [0.05, 0.1) is 21.5 Å². The molecule has 2 heterocycles. The number of anilines is 1. The largest absolute Gasteiger partial charge is 0.369 e. The van der Waals surface area contributed by atoms with Crippen LogP contribution in [0, 0.1) is 12.7 Å². The van der Waals surface area contributed by atoms with Gasteiger partial charge in [0.1, 0.15) is 10.7 Å². The van der Waals surface area contributed by atoms with Gasteiger partial charge in [0, 0.05) is 26.3 Å². The minimum atomic E-state index is -4.01. The first kappa shape index (κ1) is 18.7. The summed E-state index contributed by atoms with van der Waals surface area (Å²) in [5, 5.41) is 0.0664. The van der Waals surface area contributed by atoms with E-state index in [0.29, 0.717) is 11.2 Å². The molecule has 1 fully saturated rings. The second-order valence-electron chi connectivity index (χ2n) is 7.27. The van der Waals surface area contributed by atoms with Crippen molar-refractivity contribution in [2.24, 2.45) is 7.05 Å². The van der Waals surface area contributed by atoms with E-state index in [1.807, 2.05) is 4.90 Å². The molecule has 0 bridgehead atoms. The van der Waals surface area contributed by atoms with Crippen LogP contribution in [-0.4, -0.2) is 26.1 Å². The molecule has 4 rings (SSSR count). The van der Waals surface area contributed by atoms with Gasteiger partial charge in [-0.1, -0.05) is 12.1 Å². The molecule has 1 aliphatic rings. The SMILES string of the molecule is Cc1cccc(S(=O)(=O)c2cn(C)c3cc(N4CCCC4)c(F)cc3c2=O)c1. The van der Waals surface area contributed by atoms with Crippen molar-refractivity contribution >= 4 is 26.4 Å². The molecule has 0 radical (unpaired) electrons. The van der Waals surface area contributed by atoms with Crippen LogP contribution in [0.15, 0.2) is 57.2 Å². The topological polar surface area (TPSA) is 59.4 Å². The van der Waals surface area contributed by atoms with Crippen molar-refractivity contribution in [3.05, 3.63) is 64.2 Å². The Bertz CT molecular complexity index is 1240. The number of fused-ring (bicyclic) bond motifs is 1. The van der Waals surface area contributed by atoms with Crippen LogP contribution < -0.4 is 10.3 Å². The summed E-state index contributed by atoms with van der Waals surface area (Å²) in [5.41, 5.74) is 1.06. The quantitative estimate of drug-likeness (QED) is 0.676. The first-order chi connectivity index (χ1) is 13.3. The molecule has 1 aliphatic heterocycles. The summed E-state index contributed by atoms with van der Waals surface area (Å²) in [5.74, 6) is -0.503. The van der Waals surface area contributed by atoms with Gasteiger partial charge in [-0.3, -0.25) is 4.79 Å². The molecule has 0 amide bonds. The highest BCUT2D eigenvalue weighted by molar-refractivity contribution is 7.91. The summed E-state index contributed by atoms with van der Waals surface area (Å²) in [7, 11) is -2.34. The maximum atomic E-state index is 14.7. The van der Waals surface area contributed by atoms with Crippen molar-refractivity contribution in [3.63, 3.8) is 0 Å². The fourth-order valence-corrected chi connectivity index (χ4v) is 5.27. The van der Waals surface area contributed by atoms with Crippen LogP contribution in [0.25, 0.3) is 10.9 Å². The molecule has 0 saturated carbocycles. The molecule has 1 aromatic heterocycles. The monoisotopic (exact) mass is 400 g/mol. The van der Waals surface area contributed by atoms with E-state index < -0.39 is 21.1 Å². The number of rotatable bonds is 3. The van der Waals surface area contributed by atoms with Gasteiger partial charge in [-0.05, 0) is 49.6 Å². The molecule has 2 aromatic carbocycles. The van der Waals surface area contributed by atoms with Gasteiger partial charge in [-0.25, -0.2) is 12.8 Å². The van der Waals surface area contributed by atoms with Crippen molar-refractivity contribution in [2.75, 3.05) is 18.0 Å². The van der Waals surface area contributed by atoms with E-state index in [2.05, 4.69) is 0 Å². The number of sulfone groups is 1. The maximum absolute atomic E-state index is 14.7. The summed E-state index contributed by atoms with van der Waals surface area (Å²) in [4.78, 5) is 14.7. The molecule has 0 unspecified atom stereocenters. The summed E-state index contributed by atoms with van der Waals surface area (Å²) < 4.78 is 42.4. The predicted octanol–water partition coefficient (Wildman–Crippen LogP) is 3.42. The molecule has 7 heteroatoms. The molecule has 3 aromatic rings. The molecular weight excluding hydrogens is 379 g/mol. The standard InChI is InChI=1S/C21H21FN2O3S/c1-14-6-5-7-15(10-14)28(26,27)20-13-23(2)18-12-19(24-8-3-4-9-24)17(22)11-16(18)21(20)25/h5-7,10-13H,3-4,8-9H2,1-2H3. The number of nitrogens with zero attached hydrogens (tertiary/aromatic N) is 2. The smallest absolute Gasteiger partial charge is 0.211 e. The number of aryl methyl sites for hydroxylation is 2. The van der Waals surface area contributed by atoms with Gasteiger partial charge in [-0.15, -0.1) is 0 Å². The van der Waals surface area contributed by atoms with E-state index in [4.69, 9.17) is 0 Å². The van der Waals surface area contributed by atoms with E-state index in [1.54, 1.807) is 36.7 Å². The van der Waals surface area contributed by atoms with Crippen LogP contribution >= 0.6 is 0 Å². The Morgan fingerprint density at radius 2 is 1.79 bits per heavy atom. The number of hydrogen-bond donors (Lipinski definition) is 0. The van der Waals surface area contributed by atoms with Gasteiger partial charge in [0.2, 0.25) is 15.3 Å². The predicted molar refractivity (Wildman–Crippen MR) is 107 cm³/mol. The summed E-state index contributed by atoms with van der Waals surface area (Å²) in [6.07, 6.45) is 3.34. The molecule has 1 saturated heterocycles. The highest BCUT2D eigenvalue weighted by atomic mass is 32.2. The Balaban J connectivity index is 1.94. The van der Waals surface area contributed by atoms with Crippen molar-refractivity contribution in [1.29, 1.82) is 0 Å². The Kier molecular flexibility index (Phi) is 4.50. The van der Waals surface area contributed by atoms with E-state index >= 15 is 0 Å². The molecule has 28 heavy (non-hydrogen) atoms. The third-order valence-corrected chi connectivity index (χ3v) is 7.00. The third-order valence-electron chi connectivity index (χ3n) is 5.26. The molecule has 0 aliphatic carbocycles. The van der Waals surface area contributed by atoms with E-state index in [9.17, 15) is 17.6 Å². The lowest BCUT2D eigenvalue weighted by Crippen LogP contribution is -2.21. The van der Waals surface area contributed by atoms with Crippen molar-refractivity contribution in [1.82, 2.24) is 4.57 Å². The van der Waals surface area contributed by atoms with Gasteiger partial charge < -0.3 is 9.47 Å². The Labute approximate surface area is 162 Å². The zero-order valence-electron chi connectivity index (χ0n) is 15.8. The number of benzene rings is 2. The molecule has 0 spiro atoms.